The zero-order valence-electron chi connectivity index (χ0n) is 16.2. The summed E-state index contributed by atoms with van der Waals surface area (Å²) in [6.45, 7) is 3.95. The number of hydrogen-bond acceptors (Lipinski definition) is 4. The standard InChI is InChI=1S/C23H20N4O2/c1-3-17-9-4-7-15(2)21(17)27-23(29)20-12-6-11-19(26-20)22(28)25-18-10-5-8-16(13-18)14-24/h4-13H,3H2,1-2H3,(H,25,28)(H,27,29). The molecule has 0 radical (unpaired) electrons. The van der Waals surface area contributed by atoms with Crippen LogP contribution in [0.4, 0.5) is 11.4 Å². The molecule has 0 saturated carbocycles. The number of amides is 2. The van der Waals surface area contributed by atoms with Gasteiger partial charge in [-0.25, -0.2) is 4.98 Å². The van der Waals surface area contributed by atoms with Gasteiger partial charge in [0.25, 0.3) is 11.8 Å². The Bertz CT molecular complexity index is 1120. The number of benzene rings is 2. The first kappa shape index (κ1) is 19.8. The molecule has 0 saturated heterocycles. The lowest BCUT2D eigenvalue weighted by atomic mass is 10.1. The number of anilines is 2. The van der Waals surface area contributed by atoms with Gasteiger partial charge >= 0.3 is 0 Å². The number of nitrogens with one attached hydrogen (secondary N) is 2. The quantitative estimate of drug-likeness (QED) is 0.684. The van der Waals surface area contributed by atoms with E-state index in [1.807, 2.05) is 38.1 Å². The Morgan fingerprint density at radius 1 is 0.966 bits per heavy atom. The second-order valence-corrected chi connectivity index (χ2v) is 6.47. The van der Waals surface area contributed by atoms with Crippen molar-refractivity contribution >= 4 is 23.2 Å². The van der Waals surface area contributed by atoms with E-state index in [9.17, 15) is 9.59 Å². The molecule has 2 N–H and O–H groups in total. The average molecular weight is 384 g/mol. The molecule has 0 bridgehead atoms. The molecule has 0 atom stereocenters. The second-order valence-electron chi connectivity index (χ2n) is 6.47. The number of aromatic nitrogens is 1. The van der Waals surface area contributed by atoms with Gasteiger partial charge in [0.1, 0.15) is 11.4 Å². The highest BCUT2D eigenvalue weighted by atomic mass is 16.2. The van der Waals surface area contributed by atoms with Crippen molar-refractivity contribution < 1.29 is 9.59 Å². The molecule has 0 aliphatic heterocycles. The van der Waals surface area contributed by atoms with Crippen LogP contribution in [0.2, 0.25) is 0 Å². The van der Waals surface area contributed by atoms with Crippen LogP contribution >= 0.6 is 0 Å². The number of hydrogen-bond donors (Lipinski definition) is 2. The number of rotatable bonds is 5. The topological polar surface area (TPSA) is 94.9 Å². The molecule has 0 fully saturated rings. The first-order valence-electron chi connectivity index (χ1n) is 9.20. The summed E-state index contributed by atoms with van der Waals surface area (Å²) in [4.78, 5) is 29.4. The maximum atomic E-state index is 12.7. The Morgan fingerprint density at radius 3 is 2.31 bits per heavy atom. The van der Waals surface area contributed by atoms with Crippen molar-refractivity contribution in [3.63, 3.8) is 0 Å². The number of para-hydroxylation sites is 1. The lowest BCUT2D eigenvalue weighted by Crippen LogP contribution is -2.19. The van der Waals surface area contributed by atoms with Gasteiger partial charge in [0.2, 0.25) is 0 Å². The summed E-state index contributed by atoms with van der Waals surface area (Å²) < 4.78 is 0. The number of pyridine rings is 1. The van der Waals surface area contributed by atoms with Gasteiger partial charge in [-0.1, -0.05) is 37.3 Å². The number of nitrogens with zero attached hydrogens (tertiary/aromatic N) is 2. The van der Waals surface area contributed by atoms with Crippen molar-refractivity contribution in [1.82, 2.24) is 4.98 Å². The maximum Gasteiger partial charge on any atom is 0.274 e. The van der Waals surface area contributed by atoms with E-state index in [0.29, 0.717) is 11.3 Å². The van der Waals surface area contributed by atoms with E-state index in [4.69, 9.17) is 5.26 Å². The van der Waals surface area contributed by atoms with Gasteiger partial charge in [0, 0.05) is 11.4 Å². The lowest BCUT2D eigenvalue weighted by Gasteiger charge is -2.13. The summed E-state index contributed by atoms with van der Waals surface area (Å²) in [6, 6.07) is 19.2. The third kappa shape index (κ3) is 4.66. The second kappa shape index (κ2) is 8.81. The van der Waals surface area contributed by atoms with Crippen molar-refractivity contribution in [2.75, 3.05) is 10.6 Å². The van der Waals surface area contributed by atoms with Crippen molar-refractivity contribution in [2.24, 2.45) is 0 Å². The predicted octanol–water partition coefficient (Wildman–Crippen LogP) is 4.33. The number of aryl methyl sites for hydroxylation is 2. The summed E-state index contributed by atoms with van der Waals surface area (Å²) in [5.41, 5.74) is 3.94. The first-order chi connectivity index (χ1) is 14.0. The van der Waals surface area contributed by atoms with Crippen LogP contribution < -0.4 is 10.6 Å². The molecule has 2 aromatic carbocycles. The molecule has 3 aromatic rings. The molecular weight excluding hydrogens is 364 g/mol. The van der Waals surface area contributed by atoms with E-state index in [0.717, 1.165) is 23.2 Å². The predicted molar refractivity (Wildman–Crippen MR) is 112 cm³/mol. The fourth-order valence-electron chi connectivity index (χ4n) is 2.93. The van der Waals surface area contributed by atoms with E-state index < -0.39 is 5.91 Å². The summed E-state index contributed by atoms with van der Waals surface area (Å²) in [5.74, 6) is -0.838. The minimum Gasteiger partial charge on any atom is -0.321 e. The third-order valence-electron chi connectivity index (χ3n) is 4.44. The molecule has 29 heavy (non-hydrogen) atoms. The molecule has 0 spiro atoms. The summed E-state index contributed by atoms with van der Waals surface area (Å²) in [7, 11) is 0. The number of nitriles is 1. The van der Waals surface area contributed by atoms with Gasteiger partial charge in [-0.2, -0.15) is 5.26 Å². The molecule has 6 nitrogen and oxygen atoms in total. The van der Waals surface area contributed by atoms with Crippen LogP contribution in [0.25, 0.3) is 0 Å². The van der Waals surface area contributed by atoms with Crippen molar-refractivity contribution in [3.05, 3.63) is 88.7 Å². The van der Waals surface area contributed by atoms with Crippen LogP contribution in [0.15, 0.2) is 60.7 Å². The molecule has 1 heterocycles. The van der Waals surface area contributed by atoms with Crippen LogP contribution in [0, 0.1) is 18.3 Å². The highest BCUT2D eigenvalue weighted by Gasteiger charge is 2.15. The van der Waals surface area contributed by atoms with Gasteiger partial charge in [-0.15, -0.1) is 0 Å². The van der Waals surface area contributed by atoms with E-state index in [2.05, 4.69) is 15.6 Å². The summed E-state index contributed by atoms with van der Waals surface area (Å²) >= 11 is 0. The van der Waals surface area contributed by atoms with Crippen LogP contribution in [0.1, 0.15) is 44.6 Å². The van der Waals surface area contributed by atoms with Crippen LogP contribution in [-0.4, -0.2) is 16.8 Å². The number of carbonyl (C=O) groups excluding carboxylic acids is 2. The smallest absolute Gasteiger partial charge is 0.274 e. The average Bonchev–Trinajstić information content (AvgIpc) is 2.75. The molecular formula is C23H20N4O2. The zero-order valence-corrected chi connectivity index (χ0v) is 16.2. The van der Waals surface area contributed by atoms with Gasteiger partial charge in [-0.3, -0.25) is 9.59 Å². The highest BCUT2D eigenvalue weighted by molar-refractivity contribution is 6.06. The lowest BCUT2D eigenvalue weighted by molar-refractivity contribution is 0.101. The normalized spacial score (nSPS) is 10.1. The Labute approximate surface area is 169 Å². The van der Waals surface area contributed by atoms with Crippen LogP contribution in [-0.2, 0) is 6.42 Å². The van der Waals surface area contributed by atoms with Gasteiger partial charge in [0.05, 0.1) is 11.6 Å². The Balaban J connectivity index is 1.79. The number of carbonyl (C=O) groups is 2. The van der Waals surface area contributed by atoms with Crippen molar-refractivity contribution in [2.45, 2.75) is 20.3 Å². The fraction of sp³-hybridized carbons (Fsp3) is 0.130. The van der Waals surface area contributed by atoms with Crippen LogP contribution in [0.3, 0.4) is 0 Å². The van der Waals surface area contributed by atoms with E-state index in [1.165, 1.54) is 6.07 Å². The molecule has 144 valence electrons. The zero-order chi connectivity index (χ0) is 20.8. The summed E-state index contributed by atoms with van der Waals surface area (Å²) in [6.07, 6.45) is 0.787. The van der Waals surface area contributed by atoms with Gasteiger partial charge < -0.3 is 10.6 Å². The monoisotopic (exact) mass is 384 g/mol. The van der Waals surface area contributed by atoms with Gasteiger partial charge in [0.15, 0.2) is 0 Å². The van der Waals surface area contributed by atoms with E-state index >= 15 is 0 Å². The van der Waals surface area contributed by atoms with Gasteiger partial charge in [-0.05, 0) is 54.8 Å². The molecule has 1 aromatic heterocycles. The minimum absolute atomic E-state index is 0.112. The van der Waals surface area contributed by atoms with Crippen molar-refractivity contribution in [1.29, 1.82) is 5.26 Å². The highest BCUT2D eigenvalue weighted by Crippen LogP contribution is 2.21. The largest absolute Gasteiger partial charge is 0.321 e. The van der Waals surface area contributed by atoms with E-state index in [-0.39, 0.29) is 17.3 Å². The Hall–Kier alpha value is -3.98. The fourth-order valence-corrected chi connectivity index (χ4v) is 2.93. The molecule has 2 amide bonds. The first-order valence-corrected chi connectivity index (χ1v) is 9.20. The molecule has 3 rings (SSSR count). The Morgan fingerprint density at radius 2 is 1.62 bits per heavy atom. The SMILES string of the molecule is CCc1cccc(C)c1NC(=O)c1cccc(C(=O)Nc2cccc(C#N)c2)n1. The molecule has 0 aliphatic carbocycles. The van der Waals surface area contributed by atoms with Crippen molar-refractivity contribution in [3.8, 4) is 6.07 Å². The summed E-state index contributed by atoms with van der Waals surface area (Å²) in [5, 5.41) is 14.6. The molecule has 6 heteroatoms. The van der Waals surface area contributed by atoms with E-state index in [1.54, 1.807) is 36.4 Å². The molecule has 0 unspecified atom stereocenters. The minimum atomic E-state index is -0.458. The van der Waals surface area contributed by atoms with Crippen LogP contribution in [0.5, 0.6) is 0 Å². The maximum absolute atomic E-state index is 12.7. The third-order valence-corrected chi connectivity index (χ3v) is 4.44. The Kier molecular flexibility index (Phi) is 6.00. The molecule has 0 aliphatic rings.